The highest BCUT2D eigenvalue weighted by atomic mass is 79.9. The molecule has 0 heterocycles. The lowest BCUT2D eigenvalue weighted by Crippen LogP contribution is -2.53. The van der Waals surface area contributed by atoms with E-state index >= 15 is 0 Å². The number of ether oxygens (including phenoxy) is 1. The van der Waals surface area contributed by atoms with Crippen LogP contribution < -0.4 is 14.4 Å². The summed E-state index contributed by atoms with van der Waals surface area (Å²) in [6, 6.07) is 25.7. The van der Waals surface area contributed by atoms with Crippen molar-refractivity contribution in [2.75, 3.05) is 24.5 Å². The number of hydrogen-bond donors (Lipinski definition) is 1. The Kier molecular flexibility index (Phi) is 11.9. The minimum absolute atomic E-state index is 0.00758. The fourth-order valence-electron chi connectivity index (χ4n) is 4.69. The van der Waals surface area contributed by atoms with Crippen LogP contribution in [0.5, 0.6) is 5.75 Å². The summed E-state index contributed by atoms with van der Waals surface area (Å²) in [5, 5.41) is 3.38. The number of rotatable bonds is 13. The number of sulfonamides is 1. The third-order valence-corrected chi connectivity index (χ3v) is 9.89. The number of benzene rings is 4. The number of amides is 2. The third-order valence-electron chi connectivity index (χ3n) is 6.99. The zero-order valence-corrected chi connectivity index (χ0v) is 28.5. The molecule has 0 aliphatic carbocycles. The summed E-state index contributed by atoms with van der Waals surface area (Å²) in [5.41, 5.74) is 1.61. The Bertz CT molecular complexity index is 1720. The molecule has 8 nitrogen and oxygen atoms in total. The first-order valence-electron chi connectivity index (χ1n) is 14.0. The molecule has 236 valence electrons. The summed E-state index contributed by atoms with van der Waals surface area (Å²) in [5.74, 6) is -0.476. The Morgan fingerprint density at radius 1 is 0.933 bits per heavy atom. The van der Waals surface area contributed by atoms with Crippen molar-refractivity contribution in [3.63, 3.8) is 0 Å². The molecule has 0 saturated heterocycles. The predicted octanol–water partition coefficient (Wildman–Crippen LogP) is 6.74. The number of halogens is 3. The lowest BCUT2D eigenvalue weighted by atomic mass is 10.0. The Hall–Kier alpha value is -3.57. The second-order valence-electron chi connectivity index (χ2n) is 9.97. The molecule has 0 saturated carbocycles. The Morgan fingerprint density at radius 3 is 2.20 bits per heavy atom. The van der Waals surface area contributed by atoms with Gasteiger partial charge in [0.15, 0.2) is 0 Å². The van der Waals surface area contributed by atoms with Gasteiger partial charge in [0.05, 0.1) is 17.2 Å². The van der Waals surface area contributed by atoms with Crippen molar-refractivity contribution >= 4 is 66.7 Å². The van der Waals surface area contributed by atoms with Crippen LogP contribution in [-0.4, -0.2) is 51.4 Å². The zero-order valence-electron chi connectivity index (χ0n) is 24.6. The summed E-state index contributed by atoms with van der Waals surface area (Å²) in [4.78, 5) is 29.1. The zero-order chi connectivity index (χ0) is 32.6. The van der Waals surface area contributed by atoms with Gasteiger partial charge in [-0.2, -0.15) is 0 Å². The Morgan fingerprint density at radius 2 is 1.60 bits per heavy atom. The van der Waals surface area contributed by atoms with Crippen LogP contribution in [0.15, 0.2) is 106 Å². The molecule has 2 amide bonds. The maximum atomic E-state index is 14.4. The number of nitrogens with one attached hydrogen (secondary N) is 1. The van der Waals surface area contributed by atoms with Crippen LogP contribution >= 0.6 is 39.1 Å². The van der Waals surface area contributed by atoms with Crippen molar-refractivity contribution in [1.29, 1.82) is 0 Å². The van der Waals surface area contributed by atoms with Gasteiger partial charge in [-0.3, -0.25) is 13.9 Å². The van der Waals surface area contributed by atoms with E-state index in [4.69, 9.17) is 27.9 Å². The number of hydrogen-bond acceptors (Lipinski definition) is 5. The van der Waals surface area contributed by atoms with Crippen molar-refractivity contribution in [1.82, 2.24) is 10.2 Å². The second-order valence-corrected chi connectivity index (χ2v) is 13.6. The molecule has 4 aromatic rings. The molecule has 0 aliphatic heterocycles. The summed E-state index contributed by atoms with van der Waals surface area (Å²) < 4.78 is 35.5. The topological polar surface area (TPSA) is 96.0 Å². The van der Waals surface area contributed by atoms with Gasteiger partial charge in [-0.25, -0.2) is 8.42 Å². The number of nitrogens with zero attached hydrogens (tertiary/aromatic N) is 2. The van der Waals surface area contributed by atoms with Gasteiger partial charge in [-0.1, -0.05) is 75.5 Å². The van der Waals surface area contributed by atoms with Crippen molar-refractivity contribution in [2.45, 2.75) is 30.8 Å². The molecular formula is C33H32BrCl2N3O5S. The molecule has 4 rings (SSSR count). The molecule has 1 N–H and O–H groups in total. The average Bonchev–Trinajstić information content (AvgIpc) is 3.03. The minimum atomic E-state index is -4.24. The van der Waals surface area contributed by atoms with Crippen LogP contribution in [0.3, 0.4) is 0 Å². The van der Waals surface area contributed by atoms with Crippen molar-refractivity contribution in [3.05, 3.63) is 123 Å². The van der Waals surface area contributed by atoms with E-state index in [0.29, 0.717) is 32.4 Å². The lowest BCUT2D eigenvalue weighted by molar-refractivity contribution is -0.139. The van der Waals surface area contributed by atoms with Gasteiger partial charge < -0.3 is 15.0 Å². The van der Waals surface area contributed by atoms with E-state index in [2.05, 4.69) is 21.2 Å². The highest BCUT2D eigenvalue weighted by Crippen LogP contribution is 2.29. The second kappa shape index (κ2) is 15.6. The van der Waals surface area contributed by atoms with E-state index in [9.17, 15) is 18.0 Å². The van der Waals surface area contributed by atoms with E-state index in [1.807, 2.05) is 37.3 Å². The molecule has 0 bridgehead atoms. The molecule has 0 radical (unpaired) electrons. The Labute approximate surface area is 282 Å². The molecule has 4 aromatic carbocycles. The van der Waals surface area contributed by atoms with Crippen LogP contribution in [-0.2, 0) is 32.6 Å². The number of likely N-dealkylation sites (N-methyl/N-ethyl adjacent to an activating group) is 1. The van der Waals surface area contributed by atoms with Gasteiger partial charge in [0.25, 0.3) is 10.0 Å². The van der Waals surface area contributed by atoms with Gasteiger partial charge in [-0.05, 0) is 78.7 Å². The van der Waals surface area contributed by atoms with Crippen molar-refractivity contribution in [2.24, 2.45) is 0 Å². The molecule has 0 spiro atoms. The third kappa shape index (κ3) is 8.79. The highest BCUT2D eigenvalue weighted by molar-refractivity contribution is 9.10. The number of carbonyl (C=O) groups is 2. The Balaban J connectivity index is 1.80. The van der Waals surface area contributed by atoms with Crippen LogP contribution in [0, 0.1) is 0 Å². The molecule has 45 heavy (non-hydrogen) atoms. The fraction of sp³-hybridized carbons (Fsp3) is 0.212. The first kappa shape index (κ1) is 34.3. The quantitative estimate of drug-likeness (QED) is 0.164. The molecule has 0 aliphatic rings. The van der Waals surface area contributed by atoms with Gasteiger partial charge in [0.1, 0.15) is 18.3 Å². The number of anilines is 1. The van der Waals surface area contributed by atoms with Gasteiger partial charge in [-0.15, -0.1) is 0 Å². The fourth-order valence-corrected chi connectivity index (χ4v) is 6.84. The predicted molar refractivity (Wildman–Crippen MR) is 181 cm³/mol. The minimum Gasteiger partial charge on any atom is -0.494 e. The van der Waals surface area contributed by atoms with Gasteiger partial charge in [0.2, 0.25) is 11.8 Å². The molecule has 1 unspecified atom stereocenters. The molecule has 12 heteroatoms. The van der Waals surface area contributed by atoms with Gasteiger partial charge >= 0.3 is 0 Å². The van der Waals surface area contributed by atoms with Crippen LogP contribution in [0.25, 0.3) is 0 Å². The van der Waals surface area contributed by atoms with E-state index in [-0.39, 0.29) is 23.5 Å². The van der Waals surface area contributed by atoms with E-state index in [1.54, 1.807) is 54.6 Å². The summed E-state index contributed by atoms with van der Waals surface area (Å²) in [6.07, 6.45) is 0.181. The van der Waals surface area contributed by atoms with Crippen LogP contribution in [0.2, 0.25) is 10.0 Å². The van der Waals surface area contributed by atoms with Crippen LogP contribution in [0.1, 0.15) is 18.1 Å². The maximum Gasteiger partial charge on any atom is 0.264 e. The largest absolute Gasteiger partial charge is 0.494 e. The van der Waals surface area contributed by atoms with E-state index < -0.39 is 34.4 Å². The summed E-state index contributed by atoms with van der Waals surface area (Å²) in [6.45, 7) is 1.61. The molecule has 0 aromatic heterocycles. The summed E-state index contributed by atoms with van der Waals surface area (Å²) in [7, 11) is -2.75. The maximum absolute atomic E-state index is 14.4. The molecular weight excluding hydrogens is 701 g/mol. The smallest absolute Gasteiger partial charge is 0.264 e. The van der Waals surface area contributed by atoms with E-state index in [0.717, 1.165) is 9.87 Å². The first-order valence-corrected chi connectivity index (χ1v) is 17.0. The van der Waals surface area contributed by atoms with Gasteiger partial charge in [0, 0.05) is 34.5 Å². The SMILES string of the molecule is CCOc1ccc(N(CC(=O)N(Cc2ccc(Cl)cc2Cl)C(Cc2ccccc2)C(=O)NC)S(=O)(=O)c2ccc(Br)cc2)cc1. The van der Waals surface area contributed by atoms with Crippen molar-refractivity contribution in [3.8, 4) is 5.75 Å². The van der Waals surface area contributed by atoms with Crippen molar-refractivity contribution < 1.29 is 22.7 Å². The normalized spacial score (nSPS) is 11.8. The molecule has 1 atom stereocenters. The molecule has 0 fully saturated rings. The standard InChI is InChI=1S/C33H32BrCl2N3O5S/c1-3-44-28-15-13-27(14-16-28)39(45(42,43)29-17-10-25(34)11-18-29)22-32(40)38(21-24-9-12-26(35)20-30(24)36)31(33(41)37-2)19-23-7-5-4-6-8-23/h4-18,20,31H,3,19,21-22H2,1-2H3,(H,37,41). The monoisotopic (exact) mass is 731 g/mol. The highest BCUT2D eigenvalue weighted by Gasteiger charge is 2.34. The first-order chi connectivity index (χ1) is 21.5. The lowest BCUT2D eigenvalue weighted by Gasteiger charge is -2.33. The summed E-state index contributed by atoms with van der Waals surface area (Å²) >= 11 is 16.0. The van der Waals surface area contributed by atoms with Crippen LogP contribution in [0.4, 0.5) is 5.69 Å². The van der Waals surface area contributed by atoms with E-state index in [1.165, 1.54) is 24.1 Å². The average molecular weight is 734 g/mol. The number of carbonyl (C=O) groups excluding carboxylic acids is 2.